The number of rotatable bonds is 19. The minimum Gasteiger partial charge on any atom is -0.505 e. The second-order valence-corrected chi connectivity index (χ2v) is 22.1. The molecule has 0 aliphatic rings. The number of pyridine rings is 1. The highest BCUT2D eigenvalue weighted by atomic mass is 32.2. The molecule has 0 spiro atoms. The number of hydrogen-bond donors (Lipinski definition) is 7. The fourth-order valence-electron chi connectivity index (χ4n) is 7.44. The molecule has 0 bridgehead atoms. The number of para-hydroxylation sites is 2. The van der Waals surface area contributed by atoms with Crippen LogP contribution >= 0.6 is 35.4 Å². The molecule has 8 aromatic rings. The highest BCUT2D eigenvalue weighted by Gasteiger charge is 2.28. The first-order valence-corrected chi connectivity index (χ1v) is 27.3. The molecule has 0 amide bonds. The third-order valence-corrected chi connectivity index (χ3v) is 15.9. The molecule has 8 rings (SSSR count). The molecule has 0 aliphatic heterocycles. The summed E-state index contributed by atoms with van der Waals surface area (Å²) in [6.07, 6.45) is -0.224. The van der Waals surface area contributed by atoms with Gasteiger partial charge in [0.15, 0.2) is 17.1 Å². The van der Waals surface area contributed by atoms with Crippen LogP contribution < -0.4 is 4.74 Å². The number of aromatic nitrogens is 3. The Labute approximate surface area is 433 Å². The molecular weight excluding hydrogens is 1110 g/mol. The Kier molecular flexibility index (Phi) is 15.8. The molecule has 0 saturated carbocycles. The average molecular weight is 1150 g/mol. The number of thiazole rings is 1. The molecule has 5 aromatic carbocycles. The van der Waals surface area contributed by atoms with Crippen LogP contribution in [0.2, 0.25) is 0 Å². The lowest BCUT2D eigenvalue weighted by Gasteiger charge is -2.13. The maximum Gasteiger partial charge on any atom is 0.297 e. The predicted octanol–water partition coefficient (Wildman–Crippen LogP) is 10.7. The van der Waals surface area contributed by atoms with E-state index in [0.29, 0.717) is 28.6 Å². The summed E-state index contributed by atoms with van der Waals surface area (Å²) in [6, 6.07) is 16.1. The van der Waals surface area contributed by atoms with Gasteiger partial charge in [0.05, 0.1) is 68.3 Å². The number of aryl methyl sites for hydroxylation is 1. The lowest BCUT2D eigenvalue weighted by Crippen LogP contribution is -2.08. The Morgan fingerprint density at radius 1 is 0.720 bits per heavy atom. The van der Waals surface area contributed by atoms with Gasteiger partial charge < -0.3 is 14.9 Å². The van der Waals surface area contributed by atoms with Crippen LogP contribution in [0, 0.1) is 32.1 Å². The van der Waals surface area contributed by atoms with Crippen LogP contribution in [0.5, 0.6) is 17.4 Å². The second-order valence-electron chi connectivity index (χ2n) is 15.4. The zero-order chi connectivity index (χ0) is 54.1. The predicted molar refractivity (Wildman–Crippen MR) is 265 cm³/mol. The maximum absolute atomic E-state index is 13.2. The van der Waals surface area contributed by atoms with Crippen molar-refractivity contribution in [2.24, 2.45) is 30.7 Å². The quantitative estimate of drug-likeness (QED) is 0.00987. The fourth-order valence-corrected chi connectivity index (χ4v) is 11.9. The lowest BCUT2D eigenvalue weighted by atomic mass is 10.1. The van der Waals surface area contributed by atoms with Gasteiger partial charge in [-0.05, 0) is 80.8 Å². The molecule has 0 fully saturated rings. The van der Waals surface area contributed by atoms with E-state index in [1.807, 2.05) is 6.07 Å². The van der Waals surface area contributed by atoms with E-state index in [4.69, 9.17) is 15.3 Å². The van der Waals surface area contributed by atoms with Crippen molar-refractivity contribution in [2.75, 3.05) is 12.4 Å². The van der Waals surface area contributed by atoms with Gasteiger partial charge in [0, 0.05) is 27.3 Å². The van der Waals surface area contributed by atoms with Crippen molar-refractivity contribution in [3.05, 3.63) is 82.9 Å². The standard InChI is InChI=1S/C41H32N10O18S6/c1-18-13-27(30(65-11-6-12-73(56,57)58)15-26(18)46-50-41-44-28-16-31(71-68-66-54)20(3)37(36(28)70-41)74(59,60)61)47-49-34-32(72-69-67-55)14-22-21(35(34)52)9-10-25(38(22)75(62,63)64)45-48-33-19(2)23(17-42)39-43-24-7-4-5-8-29(24)51(39)40(33)53/h4-5,7-10,13-16,52-55H,6,11-12H2,1-3H3,(H,56,57,58)(H,59,60,61)(H,62,63,64). The number of ether oxygens (including phenoxy) is 1. The minimum absolute atomic E-state index is 0.000196. The monoisotopic (exact) mass is 1140 g/mol. The average Bonchev–Trinajstić information content (AvgIpc) is 3.93. The van der Waals surface area contributed by atoms with Gasteiger partial charge >= 0.3 is 0 Å². The van der Waals surface area contributed by atoms with Crippen LogP contribution in [0.4, 0.5) is 33.6 Å². The van der Waals surface area contributed by atoms with Gasteiger partial charge in [0.2, 0.25) is 11.0 Å². The van der Waals surface area contributed by atoms with Crippen molar-refractivity contribution in [3.63, 3.8) is 0 Å². The van der Waals surface area contributed by atoms with Crippen molar-refractivity contribution >= 4 is 137 Å². The van der Waals surface area contributed by atoms with Gasteiger partial charge in [-0.25, -0.2) is 20.5 Å². The maximum atomic E-state index is 13.2. The Balaban J connectivity index is 1.20. The number of azo groups is 3. The van der Waals surface area contributed by atoms with Crippen LogP contribution in [0.25, 0.3) is 37.7 Å². The van der Waals surface area contributed by atoms with Crippen LogP contribution in [0.15, 0.2) is 111 Å². The van der Waals surface area contributed by atoms with Crippen LogP contribution in [0.3, 0.4) is 0 Å². The van der Waals surface area contributed by atoms with Crippen molar-refractivity contribution in [1.29, 1.82) is 5.26 Å². The first-order valence-electron chi connectivity index (χ1n) is 20.6. The first kappa shape index (κ1) is 54.3. The third-order valence-electron chi connectivity index (χ3n) is 10.7. The molecule has 0 aliphatic carbocycles. The number of nitriles is 1. The molecule has 0 unspecified atom stereocenters. The summed E-state index contributed by atoms with van der Waals surface area (Å²) in [5.74, 6) is -2.11. The topological polar surface area (TPSA) is 418 Å². The Morgan fingerprint density at radius 3 is 2.07 bits per heavy atom. The first-order chi connectivity index (χ1) is 35.5. The van der Waals surface area contributed by atoms with Crippen LogP contribution in [0.1, 0.15) is 28.7 Å². The van der Waals surface area contributed by atoms with Crippen molar-refractivity contribution < 1.29 is 83.1 Å². The van der Waals surface area contributed by atoms with Gasteiger partial charge in [-0.2, -0.15) is 30.5 Å². The summed E-state index contributed by atoms with van der Waals surface area (Å²) in [4.78, 5) is 7.11. The number of benzene rings is 5. The number of phenolic OH excluding ortho intramolecular Hbond substituents is 1. The highest BCUT2D eigenvalue weighted by Crippen LogP contribution is 2.49. The van der Waals surface area contributed by atoms with E-state index >= 15 is 0 Å². The number of nitrogens with zero attached hydrogens (tertiary/aromatic N) is 10. The minimum atomic E-state index is -5.27. The van der Waals surface area contributed by atoms with Gasteiger partial charge in [0.1, 0.15) is 44.2 Å². The summed E-state index contributed by atoms with van der Waals surface area (Å²) in [6.45, 7) is 4.04. The molecule has 3 heterocycles. The van der Waals surface area contributed by atoms with E-state index < -0.39 is 74.3 Å². The van der Waals surface area contributed by atoms with Crippen molar-refractivity contribution in [2.45, 2.75) is 46.8 Å². The normalized spacial score (nSPS) is 12.7. The highest BCUT2D eigenvalue weighted by molar-refractivity contribution is 7.95. The lowest BCUT2D eigenvalue weighted by molar-refractivity contribution is -0.432. The number of imidazole rings is 1. The SMILES string of the molecule is Cc1cc(N=Nc2c(SOOO)cc3c(S(=O)(=O)O)c(N=Nc4c(C)c(C#N)c5nc6ccccc6n5c4O)ccc3c2O)c(OCCCS(=O)(=O)O)cc1N=Nc1nc2cc(SOOO)c(C)c(S(=O)(=O)O)c2s1. The van der Waals surface area contributed by atoms with Crippen LogP contribution in [-0.2, 0) is 49.1 Å². The van der Waals surface area contributed by atoms with Gasteiger partial charge in [0.25, 0.3) is 30.4 Å². The van der Waals surface area contributed by atoms with E-state index in [9.17, 15) is 54.4 Å². The molecule has 3 aromatic heterocycles. The molecule has 75 heavy (non-hydrogen) atoms. The largest absolute Gasteiger partial charge is 0.505 e. The molecule has 0 radical (unpaired) electrons. The number of phenols is 1. The molecule has 7 N–H and O–H groups in total. The van der Waals surface area contributed by atoms with Crippen LogP contribution in [-0.4, -0.2) is 86.4 Å². The summed E-state index contributed by atoms with van der Waals surface area (Å²) >= 11 is 1.37. The molecule has 0 atom stereocenters. The summed E-state index contributed by atoms with van der Waals surface area (Å²) in [5.41, 5.74) is 0.295. The Morgan fingerprint density at radius 2 is 1.39 bits per heavy atom. The molecular formula is C41H32N10O18S6. The van der Waals surface area contributed by atoms with Gasteiger partial charge in [-0.1, -0.05) is 33.5 Å². The molecule has 390 valence electrons. The Bertz CT molecular complexity index is 4130. The molecule has 28 nitrogen and oxygen atoms in total. The number of aromatic hydroxyl groups is 2. The second kappa shape index (κ2) is 21.7. The number of fused-ring (bicyclic) bond motifs is 5. The Hall–Kier alpha value is -6.92. The van der Waals surface area contributed by atoms with Gasteiger partial charge in [-0.3, -0.25) is 18.1 Å². The third kappa shape index (κ3) is 11.4. The van der Waals surface area contributed by atoms with Crippen molar-refractivity contribution in [3.8, 4) is 23.4 Å². The van der Waals surface area contributed by atoms with Gasteiger partial charge in [-0.15, -0.1) is 39.4 Å². The summed E-state index contributed by atoms with van der Waals surface area (Å²) < 4.78 is 120. The van der Waals surface area contributed by atoms with E-state index in [-0.39, 0.29) is 101 Å². The van der Waals surface area contributed by atoms with Crippen molar-refractivity contribution in [1.82, 2.24) is 14.4 Å². The smallest absolute Gasteiger partial charge is 0.297 e. The summed E-state index contributed by atoms with van der Waals surface area (Å²) in [7, 11) is -14.5. The fraction of sp³-hybridized carbons (Fsp3) is 0.146. The van der Waals surface area contributed by atoms with E-state index in [1.165, 1.54) is 42.5 Å². The van der Waals surface area contributed by atoms with E-state index in [1.54, 1.807) is 31.2 Å². The zero-order valence-electron chi connectivity index (χ0n) is 37.9. The zero-order valence-corrected chi connectivity index (χ0v) is 42.8. The van der Waals surface area contributed by atoms with E-state index in [2.05, 4.69) is 59.4 Å². The summed E-state index contributed by atoms with van der Waals surface area (Å²) in [5, 5.41) is 82.4. The molecule has 34 heteroatoms. The van der Waals surface area contributed by atoms with E-state index in [0.717, 1.165) is 23.5 Å². The number of hydrogen-bond acceptors (Lipinski definition) is 27. The molecule has 0 saturated heterocycles.